The summed E-state index contributed by atoms with van der Waals surface area (Å²) in [5.41, 5.74) is 0.296. The molecule has 0 radical (unpaired) electrons. The van der Waals surface area contributed by atoms with E-state index in [1.807, 2.05) is 17.5 Å². The largest absolute Gasteiger partial charge is 1.00 e. The summed E-state index contributed by atoms with van der Waals surface area (Å²) in [5, 5.41) is 33.6. The number of H-pyrrole nitrogens is 1. The molecule has 1 fully saturated rings. The van der Waals surface area contributed by atoms with E-state index in [0.717, 1.165) is 21.5 Å². The number of thiophene rings is 1. The number of aromatic amines is 1. The number of aliphatic carboxylic acids is 2. The maximum Gasteiger partial charge on any atom is 1.00 e. The van der Waals surface area contributed by atoms with E-state index in [2.05, 4.69) is 20.5 Å². The zero-order valence-corrected chi connectivity index (χ0v) is 25.9. The molecule has 1 unspecified atom stereocenters. The number of thioether (sulfide) groups is 3. The Labute approximate surface area is 260 Å². The van der Waals surface area contributed by atoms with Crippen LogP contribution in [0, 0.1) is 0 Å². The quantitative estimate of drug-likeness (QED) is 0.158. The Kier molecular flexibility index (Phi) is 12.2. The van der Waals surface area contributed by atoms with Gasteiger partial charge >= 0.3 is 59.1 Å². The number of aromatic nitrogens is 3. The molecule has 2 amide bonds. The normalized spacial score (nSPS) is 18.6. The number of hydrogen-bond donors (Lipinski definition) is 2. The van der Waals surface area contributed by atoms with Crippen LogP contribution in [-0.2, 0) is 25.6 Å². The Bertz CT molecular complexity index is 1130. The van der Waals surface area contributed by atoms with Crippen molar-refractivity contribution >= 4 is 70.4 Å². The van der Waals surface area contributed by atoms with Crippen LogP contribution < -0.4 is 74.6 Å². The predicted molar refractivity (Wildman–Crippen MR) is 118 cm³/mol. The molecule has 4 rings (SSSR count). The number of rotatable bonds is 10. The summed E-state index contributed by atoms with van der Waals surface area (Å²) in [6.45, 7) is 0. The minimum Gasteiger partial charge on any atom is -0.549 e. The fourth-order valence-electron chi connectivity index (χ4n) is 3.22. The number of carboxylic acids is 2. The second-order valence-electron chi connectivity index (χ2n) is 6.82. The smallest absolute Gasteiger partial charge is 0.549 e. The molecule has 2 aliphatic heterocycles. The molecule has 2 aromatic heterocycles. The van der Waals surface area contributed by atoms with Crippen LogP contribution in [0.2, 0.25) is 0 Å². The van der Waals surface area contributed by atoms with Crippen LogP contribution in [-0.4, -0.2) is 72.5 Å². The number of β-lactam (4-membered cyclic amide) rings is 1. The van der Waals surface area contributed by atoms with Gasteiger partial charge in [0.2, 0.25) is 11.1 Å². The fraction of sp³-hybridized carbons (Fsp3) is 0.333. The molecule has 4 heterocycles. The van der Waals surface area contributed by atoms with Gasteiger partial charge in [-0.2, -0.15) is 4.98 Å². The van der Waals surface area contributed by atoms with Crippen molar-refractivity contribution in [1.29, 1.82) is 0 Å². The molecule has 0 aliphatic carbocycles. The summed E-state index contributed by atoms with van der Waals surface area (Å²) in [7, 11) is 0. The molecule has 2 N–H and O–H groups in total. The second kappa shape index (κ2) is 13.9. The van der Waals surface area contributed by atoms with Crippen LogP contribution >= 0.6 is 46.6 Å². The van der Waals surface area contributed by atoms with E-state index >= 15 is 0 Å². The molecule has 0 spiro atoms. The molecule has 0 saturated carbocycles. The first kappa shape index (κ1) is 30.7. The molecular weight excluding hydrogens is 556 g/mol. The molecule has 35 heavy (non-hydrogen) atoms. The number of carbonyl (C=O) groups excluding carboxylic acids is 4. The molecule has 1 saturated heterocycles. The Morgan fingerprint density at radius 3 is 2.69 bits per heavy atom. The van der Waals surface area contributed by atoms with Crippen molar-refractivity contribution < 1.29 is 88.5 Å². The average molecular weight is 572 g/mol. The summed E-state index contributed by atoms with van der Waals surface area (Å²) in [6.07, 6.45) is 0.157. The van der Waals surface area contributed by atoms with Crippen LogP contribution in [0.15, 0.2) is 39.1 Å². The first-order chi connectivity index (χ1) is 15.8. The first-order valence-electron chi connectivity index (χ1n) is 9.41. The number of fused-ring (bicyclic) bond motifs is 1. The van der Waals surface area contributed by atoms with E-state index in [0.29, 0.717) is 16.5 Å². The molecular formula is C18H15N5Na2O6S4. The Balaban J connectivity index is 0.00000216. The molecule has 0 aromatic carbocycles. The first-order valence-corrected chi connectivity index (χ1v) is 13.3. The molecule has 2 atom stereocenters. The van der Waals surface area contributed by atoms with E-state index < -0.39 is 29.3 Å². The van der Waals surface area contributed by atoms with Crippen molar-refractivity contribution in [2.45, 2.75) is 28.1 Å². The van der Waals surface area contributed by atoms with Crippen molar-refractivity contribution in [2.75, 3.05) is 17.3 Å². The molecule has 11 nitrogen and oxygen atoms in total. The van der Waals surface area contributed by atoms with Gasteiger partial charge in [-0.15, -0.1) is 28.2 Å². The number of nitrogens with zero attached hydrogens (tertiary/aromatic N) is 3. The SMILES string of the molecule is O=C([O-])CSc1n[nH]c(SCC2=C(C(=O)[O-])N3C(=O)C(NC(=O)Cc4cccs4)[C@@H]3SC2)n1.[Na+].[Na+]. The zero-order valence-electron chi connectivity index (χ0n) is 18.6. The van der Waals surface area contributed by atoms with Crippen LogP contribution in [0.25, 0.3) is 0 Å². The standard InChI is InChI=1S/C18H17N5O6S4.2Na/c24-10(4-9-2-1-3-30-9)19-12-14(27)23-13(16(28)29)8(5-31-15(12)23)6-32-17-20-18(22-21-17)33-7-11(25)26;;/h1-3,12,15H,4-7H2,(H,19,24)(H,25,26)(H,28,29)(H,20,21,22);;/q;2*+1/p-2/t12?,15-;;/m0../s1. The maximum absolute atomic E-state index is 12.7. The molecule has 0 bridgehead atoms. The number of amides is 2. The third-order valence-electron chi connectivity index (χ3n) is 4.62. The monoisotopic (exact) mass is 571 g/mol. The number of carboxylic acid groups (broad SMARTS) is 2. The van der Waals surface area contributed by atoms with Gasteiger partial charge in [0.15, 0.2) is 5.16 Å². The van der Waals surface area contributed by atoms with Crippen molar-refractivity contribution in [1.82, 2.24) is 25.4 Å². The van der Waals surface area contributed by atoms with Crippen LogP contribution in [0.1, 0.15) is 4.88 Å². The Morgan fingerprint density at radius 2 is 2.03 bits per heavy atom. The summed E-state index contributed by atoms with van der Waals surface area (Å²) < 4.78 is 0. The summed E-state index contributed by atoms with van der Waals surface area (Å²) >= 11 is 4.87. The van der Waals surface area contributed by atoms with Gasteiger partial charge in [-0.25, -0.2) is 0 Å². The molecule has 17 heteroatoms. The fourth-order valence-corrected chi connectivity index (χ4v) is 6.78. The van der Waals surface area contributed by atoms with Crippen molar-refractivity contribution in [2.24, 2.45) is 0 Å². The maximum atomic E-state index is 12.7. The van der Waals surface area contributed by atoms with Gasteiger partial charge < -0.3 is 25.1 Å². The topological polar surface area (TPSA) is 171 Å². The third-order valence-corrected chi connectivity index (χ3v) is 8.60. The Hall–Kier alpha value is -0.490. The summed E-state index contributed by atoms with van der Waals surface area (Å²) in [6, 6.07) is 2.88. The predicted octanol–water partition coefficient (Wildman–Crippen LogP) is -7.55. The van der Waals surface area contributed by atoms with E-state index in [4.69, 9.17) is 0 Å². The third kappa shape index (κ3) is 7.52. The van der Waals surface area contributed by atoms with Gasteiger partial charge in [0.1, 0.15) is 11.4 Å². The number of nitrogens with one attached hydrogen (secondary N) is 2. The van der Waals surface area contributed by atoms with Crippen molar-refractivity contribution in [3.05, 3.63) is 33.7 Å². The molecule has 2 aliphatic rings. The van der Waals surface area contributed by atoms with Gasteiger partial charge in [-0.1, -0.05) is 29.6 Å². The average Bonchev–Trinajstić information content (AvgIpc) is 3.45. The van der Waals surface area contributed by atoms with Crippen LogP contribution in [0.3, 0.4) is 0 Å². The van der Waals surface area contributed by atoms with Gasteiger partial charge in [-0.3, -0.25) is 19.6 Å². The minimum absolute atomic E-state index is 0. The zero-order chi connectivity index (χ0) is 23.5. The van der Waals surface area contributed by atoms with Crippen LogP contribution in [0.5, 0.6) is 0 Å². The molecule has 174 valence electrons. The van der Waals surface area contributed by atoms with E-state index in [-0.39, 0.29) is 93.8 Å². The van der Waals surface area contributed by atoms with Gasteiger partial charge in [-0.05, 0) is 17.0 Å². The van der Waals surface area contributed by atoms with E-state index in [9.17, 15) is 29.4 Å². The second-order valence-corrected chi connectivity index (χ2v) is 10.9. The summed E-state index contributed by atoms with van der Waals surface area (Å²) in [5.74, 6) is -3.23. The van der Waals surface area contributed by atoms with Gasteiger partial charge in [0.05, 0.1) is 24.1 Å². The van der Waals surface area contributed by atoms with Gasteiger partial charge in [0.25, 0.3) is 5.91 Å². The number of hydrogen-bond acceptors (Lipinski definition) is 12. The minimum atomic E-state index is -1.46. The number of carbonyl (C=O) groups is 4. The summed E-state index contributed by atoms with van der Waals surface area (Å²) in [4.78, 5) is 53.5. The van der Waals surface area contributed by atoms with Crippen molar-refractivity contribution in [3.8, 4) is 0 Å². The van der Waals surface area contributed by atoms with Crippen molar-refractivity contribution in [3.63, 3.8) is 0 Å². The van der Waals surface area contributed by atoms with E-state index in [1.165, 1.54) is 34.9 Å². The Morgan fingerprint density at radius 1 is 1.26 bits per heavy atom. The van der Waals surface area contributed by atoms with Crippen LogP contribution in [0.4, 0.5) is 0 Å². The molecule has 2 aromatic rings. The van der Waals surface area contributed by atoms with E-state index in [1.54, 1.807) is 0 Å². The van der Waals surface area contributed by atoms with Gasteiger partial charge in [0, 0.05) is 22.1 Å².